The number of rotatable bonds is 5. The maximum atomic E-state index is 12.7. The number of nitrogens with one attached hydrogen (secondary N) is 1. The highest BCUT2D eigenvalue weighted by molar-refractivity contribution is 7.98. The molecule has 3 rings (SSSR count). The third-order valence-electron chi connectivity index (χ3n) is 3.79. The molecule has 2 aromatic rings. The summed E-state index contributed by atoms with van der Waals surface area (Å²) in [5, 5.41) is 6.69. The highest BCUT2D eigenvalue weighted by Gasteiger charge is 2.29. The van der Waals surface area contributed by atoms with Crippen LogP contribution in [-0.4, -0.2) is 27.1 Å². The van der Waals surface area contributed by atoms with Gasteiger partial charge >= 0.3 is 0 Å². The minimum absolute atomic E-state index is 0.126. The summed E-state index contributed by atoms with van der Waals surface area (Å²) in [6.07, 6.45) is 4.25. The van der Waals surface area contributed by atoms with E-state index in [1.165, 1.54) is 11.8 Å². The van der Waals surface area contributed by atoms with Gasteiger partial charge in [-0.05, 0) is 39.9 Å². The maximum absolute atomic E-state index is 12.7. The largest absolute Gasteiger partial charge is 0.343 e. The van der Waals surface area contributed by atoms with Crippen LogP contribution in [0.5, 0.6) is 0 Å². The molecule has 1 atom stereocenters. The van der Waals surface area contributed by atoms with E-state index in [2.05, 4.69) is 20.3 Å². The zero-order valence-electron chi connectivity index (χ0n) is 13.7. The topological polar surface area (TPSA) is 67.8 Å². The average Bonchev–Trinajstić information content (AvgIpc) is 3.27. The van der Waals surface area contributed by atoms with Crippen molar-refractivity contribution in [2.75, 3.05) is 6.26 Å². The lowest BCUT2D eigenvalue weighted by Crippen LogP contribution is -2.28. The first-order valence-corrected chi connectivity index (χ1v) is 9.75. The van der Waals surface area contributed by atoms with Gasteiger partial charge in [-0.1, -0.05) is 0 Å². The van der Waals surface area contributed by atoms with Crippen LogP contribution in [0.3, 0.4) is 0 Å². The van der Waals surface area contributed by atoms with Crippen molar-refractivity contribution in [3.63, 3.8) is 0 Å². The first-order valence-electron chi connectivity index (χ1n) is 7.65. The van der Waals surface area contributed by atoms with E-state index in [1.807, 2.05) is 32.4 Å². The average molecular weight is 348 g/mol. The van der Waals surface area contributed by atoms with Crippen molar-refractivity contribution >= 4 is 29.0 Å². The second kappa shape index (κ2) is 6.57. The molecule has 0 aromatic carbocycles. The normalized spacial score (nSPS) is 15.5. The lowest BCUT2D eigenvalue weighted by molar-refractivity contribution is 0.0934. The number of amides is 1. The third-order valence-corrected chi connectivity index (χ3v) is 5.62. The van der Waals surface area contributed by atoms with E-state index >= 15 is 0 Å². The second-order valence-corrected chi connectivity index (χ2v) is 7.53. The lowest BCUT2D eigenvalue weighted by Gasteiger charge is -2.15. The third kappa shape index (κ3) is 3.55. The molecule has 1 unspecified atom stereocenters. The fourth-order valence-corrected chi connectivity index (χ4v) is 3.84. The monoisotopic (exact) mass is 348 g/mol. The molecule has 122 valence electrons. The molecule has 1 fully saturated rings. The van der Waals surface area contributed by atoms with Crippen LogP contribution in [-0.2, 0) is 0 Å². The Balaban J connectivity index is 1.83. The molecule has 0 bridgehead atoms. The summed E-state index contributed by atoms with van der Waals surface area (Å²) in [6, 6.07) is -0.126. The Morgan fingerprint density at radius 2 is 2.09 bits per heavy atom. The van der Waals surface area contributed by atoms with Gasteiger partial charge in [0.05, 0.1) is 17.3 Å². The van der Waals surface area contributed by atoms with Crippen LogP contribution < -0.4 is 5.32 Å². The standard InChI is InChI=1S/C16H20N4OS2/c1-8-7-23-15(17-8)10(3)19-14(21)12-9(2)18-13(11-5-6-11)20-16(12)22-4/h7,10-11H,5-6H2,1-4H3,(H,19,21). The Kier molecular flexibility index (Phi) is 4.68. The van der Waals surface area contributed by atoms with Gasteiger partial charge in [0.15, 0.2) is 0 Å². The summed E-state index contributed by atoms with van der Waals surface area (Å²) in [5.41, 5.74) is 2.32. The number of hydrogen-bond donors (Lipinski definition) is 1. The number of aryl methyl sites for hydroxylation is 2. The fourth-order valence-electron chi connectivity index (χ4n) is 2.40. The van der Waals surface area contributed by atoms with Crippen molar-refractivity contribution in [1.82, 2.24) is 20.3 Å². The first kappa shape index (κ1) is 16.4. The molecule has 1 amide bonds. The summed E-state index contributed by atoms with van der Waals surface area (Å²) < 4.78 is 0. The second-order valence-electron chi connectivity index (χ2n) is 5.85. The molecule has 1 saturated carbocycles. The van der Waals surface area contributed by atoms with Gasteiger partial charge in [0, 0.05) is 17.0 Å². The zero-order valence-corrected chi connectivity index (χ0v) is 15.3. The Morgan fingerprint density at radius 3 is 2.65 bits per heavy atom. The fraction of sp³-hybridized carbons (Fsp3) is 0.500. The van der Waals surface area contributed by atoms with Crippen LogP contribution in [0.1, 0.15) is 64.3 Å². The molecular formula is C16H20N4OS2. The SMILES string of the molecule is CSc1nc(C2CC2)nc(C)c1C(=O)NC(C)c1nc(C)cs1. The molecular weight excluding hydrogens is 328 g/mol. The molecule has 1 aliphatic rings. The Bertz CT molecular complexity index is 740. The smallest absolute Gasteiger partial charge is 0.256 e. The van der Waals surface area contributed by atoms with Crippen LogP contribution in [0.2, 0.25) is 0 Å². The zero-order chi connectivity index (χ0) is 16.6. The van der Waals surface area contributed by atoms with Crippen molar-refractivity contribution in [1.29, 1.82) is 0 Å². The highest BCUT2D eigenvalue weighted by Crippen LogP contribution is 2.39. The van der Waals surface area contributed by atoms with Gasteiger partial charge in [-0.25, -0.2) is 15.0 Å². The van der Waals surface area contributed by atoms with Crippen molar-refractivity contribution in [2.24, 2.45) is 0 Å². The molecule has 2 heterocycles. The number of thiazole rings is 1. The van der Waals surface area contributed by atoms with Crippen molar-refractivity contribution in [3.05, 3.63) is 33.2 Å². The number of aromatic nitrogens is 3. The van der Waals surface area contributed by atoms with Crippen LogP contribution in [0.4, 0.5) is 0 Å². The predicted octanol–water partition coefficient (Wildman–Crippen LogP) is 3.64. The van der Waals surface area contributed by atoms with Crippen molar-refractivity contribution in [2.45, 2.75) is 50.6 Å². The summed E-state index contributed by atoms with van der Waals surface area (Å²) >= 11 is 3.06. The Hall–Kier alpha value is -1.47. The van der Waals surface area contributed by atoms with Gasteiger partial charge in [-0.3, -0.25) is 4.79 Å². The molecule has 0 spiro atoms. The quantitative estimate of drug-likeness (QED) is 0.660. The molecule has 23 heavy (non-hydrogen) atoms. The molecule has 5 nitrogen and oxygen atoms in total. The van der Waals surface area contributed by atoms with Crippen molar-refractivity contribution < 1.29 is 4.79 Å². The molecule has 1 N–H and O–H groups in total. The summed E-state index contributed by atoms with van der Waals surface area (Å²) in [7, 11) is 0. The van der Waals surface area contributed by atoms with E-state index in [1.54, 1.807) is 11.3 Å². The Morgan fingerprint density at radius 1 is 1.35 bits per heavy atom. The van der Waals surface area contributed by atoms with Crippen molar-refractivity contribution in [3.8, 4) is 0 Å². The summed E-state index contributed by atoms with van der Waals surface area (Å²) in [6.45, 7) is 5.79. The van der Waals surface area contributed by atoms with Crippen LogP contribution in [0.25, 0.3) is 0 Å². The predicted molar refractivity (Wildman–Crippen MR) is 93.3 cm³/mol. The van der Waals surface area contributed by atoms with Gasteiger partial charge in [-0.2, -0.15) is 0 Å². The van der Waals surface area contributed by atoms with Gasteiger partial charge in [0.2, 0.25) is 0 Å². The minimum atomic E-state index is -0.130. The number of nitrogens with zero attached hydrogens (tertiary/aromatic N) is 3. The molecule has 0 radical (unpaired) electrons. The Labute approximate surface area is 144 Å². The van der Waals surface area contributed by atoms with E-state index in [0.29, 0.717) is 11.5 Å². The molecule has 1 aliphatic carbocycles. The highest BCUT2D eigenvalue weighted by atomic mass is 32.2. The van der Waals surface area contributed by atoms with Crippen LogP contribution in [0.15, 0.2) is 10.4 Å². The summed E-state index contributed by atoms with van der Waals surface area (Å²) in [4.78, 5) is 26.3. The minimum Gasteiger partial charge on any atom is -0.343 e. The van der Waals surface area contributed by atoms with Gasteiger partial charge in [0.1, 0.15) is 15.9 Å². The lowest BCUT2D eigenvalue weighted by atomic mass is 10.2. The molecule has 0 saturated heterocycles. The maximum Gasteiger partial charge on any atom is 0.256 e. The number of carbonyl (C=O) groups excluding carboxylic acids is 1. The van der Waals surface area contributed by atoms with Crippen LogP contribution >= 0.6 is 23.1 Å². The van der Waals surface area contributed by atoms with Gasteiger partial charge in [-0.15, -0.1) is 23.1 Å². The van der Waals surface area contributed by atoms with E-state index in [0.717, 1.165) is 40.1 Å². The summed E-state index contributed by atoms with van der Waals surface area (Å²) in [5.74, 6) is 1.23. The van der Waals surface area contributed by atoms with E-state index in [-0.39, 0.29) is 11.9 Å². The van der Waals surface area contributed by atoms with Gasteiger partial charge < -0.3 is 5.32 Å². The first-order chi connectivity index (χ1) is 11.0. The van der Waals surface area contributed by atoms with Gasteiger partial charge in [0.25, 0.3) is 5.91 Å². The molecule has 0 aliphatic heterocycles. The van der Waals surface area contributed by atoms with E-state index in [9.17, 15) is 4.79 Å². The van der Waals surface area contributed by atoms with Crippen LogP contribution in [0, 0.1) is 13.8 Å². The number of thioether (sulfide) groups is 1. The molecule has 7 heteroatoms. The number of hydrogen-bond acceptors (Lipinski definition) is 6. The number of carbonyl (C=O) groups is 1. The van der Waals surface area contributed by atoms with E-state index in [4.69, 9.17) is 0 Å². The molecule has 2 aromatic heterocycles. The van der Waals surface area contributed by atoms with E-state index < -0.39 is 0 Å².